The third kappa shape index (κ3) is 4.56. The number of benzene rings is 2. The molecule has 2 unspecified atom stereocenters. The number of ether oxygens (including phenoxy) is 1. The lowest BCUT2D eigenvalue weighted by Gasteiger charge is -2.13. The van der Waals surface area contributed by atoms with Crippen LogP contribution in [0, 0.1) is 5.92 Å². The highest BCUT2D eigenvalue weighted by atomic mass is 16.5. The molecule has 0 spiro atoms. The second-order valence-corrected chi connectivity index (χ2v) is 6.82. The Bertz CT molecular complexity index is 719. The summed E-state index contributed by atoms with van der Waals surface area (Å²) >= 11 is 0. The summed E-state index contributed by atoms with van der Waals surface area (Å²) in [7, 11) is 0. The van der Waals surface area contributed by atoms with Crippen molar-refractivity contribution in [3.8, 4) is 0 Å². The molecule has 0 N–H and O–H groups in total. The summed E-state index contributed by atoms with van der Waals surface area (Å²) in [6.07, 6.45) is 3.56. The summed E-state index contributed by atoms with van der Waals surface area (Å²) in [5, 5.41) is 0. The van der Waals surface area contributed by atoms with Gasteiger partial charge < -0.3 is 4.74 Å². The molecular formula is C22H24O3. The minimum atomic E-state index is -0.300. The summed E-state index contributed by atoms with van der Waals surface area (Å²) < 4.78 is 5.41. The van der Waals surface area contributed by atoms with Gasteiger partial charge in [0.1, 0.15) is 12.4 Å². The van der Waals surface area contributed by atoms with Crippen LogP contribution in [0.1, 0.15) is 48.8 Å². The lowest BCUT2D eigenvalue weighted by atomic mass is 9.94. The topological polar surface area (TPSA) is 43.4 Å². The highest BCUT2D eigenvalue weighted by Gasteiger charge is 2.24. The molecule has 1 aliphatic rings. The summed E-state index contributed by atoms with van der Waals surface area (Å²) in [6, 6.07) is 17.7. The van der Waals surface area contributed by atoms with Gasteiger partial charge in [0.05, 0.1) is 5.92 Å². The maximum atomic E-state index is 12.3. The van der Waals surface area contributed by atoms with E-state index < -0.39 is 0 Å². The molecule has 2 atom stereocenters. The lowest BCUT2D eigenvalue weighted by Crippen LogP contribution is -2.13. The van der Waals surface area contributed by atoms with E-state index in [2.05, 4.69) is 0 Å². The van der Waals surface area contributed by atoms with Crippen LogP contribution in [-0.2, 0) is 27.4 Å². The van der Waals surface area contributed by atoms with Crippen LogP contribution >= 0.6 is 0 Å². The molecule has 1 fully saturated rings. The number of rotatable bonds is 6. The summed E-state index contributed by atoms with van der Waals surface area (Å²) in [5.74, 6) is 0.0505. The number of esters is 1. The number of Topliss-reactive ketones (excluding diaryl/α,β-unsaturated/α-hetero) is 1. The molecule has 130 valence electrons. The lowest BCUT2D eigenvalue weighted by molar-refractivity contribution is -0.146. The molecule has 3 rings (SSSR count). The van der Waals surface area contributed by atoms with E-state index in [0.717, 1.165) is 42.4 Å². The van der Waals surface area contributed by atoms with Crippen molar-refractivity contribution in [3.05, 3.63) is 71.3 Å². The van der Waals surface area contributed by atoms with E-state index in [1.807, 2.05) is 61.5 Å². The Labute approximate surface area is 149 Å². The molecule has 3 nitrogen and oxygen atoms in total. The standard InChI is InChI=1S/C22H24O3/c1-16(22(24)25-15-18-6-3-2-4-7-18)19-12-10-17(11-13-19)14-20-8-5-9-21(20)23/h2-4,6-7,10-13,16,20H,5,8-9,14-15H2,1H3. The van der Waals surface area contributed by atoms with E-state index in [0.29, 0.717) is 12.4 Å². The van der Waals surface area contributed by atoms with E-state index in [1.165, 1.54) is 0 Å². The molecule has 0 aromatic heterocycles. The molecular weight excluding hydrogens is 312 g/mol. The van der Waals surface area contributed by atoms with E-state index in [1.54, 1.807) is 0 Å². The Kier molecular flexibility index (Phi) is 5.64. The molecule has 1 saturated carbocycles. The van der Waals surface area contributed by atoms with Crippen molar-refractivity contribution in [1.82, 2.24) is 0 Å². The highest BCUT2D eigenvalue weighted by Crippen LogP contribution is 2.26. The van der Waals surface area contributed by atoms with Crippen molar-refractivity contribution in [1.29, 1.82) is 0 Å². The molecule has 2 aromatic rings. The fraction of sp³-hybridized carbons (Fsp3) is 0.364. The minimum absolute atomic E-state index is 0.180. The Balaban J connectivity index is 1.55. The molecule has 0 amide bonds. The number of ketones is 1. The second-order valence-electron chi connectivity index (χ2n) is 6.82. The zero-order valence-electron chi connectivity index (χ0n) is 14.6. The zero-order valence-corrected chi connectivity index (χ0v) is 14.6. The van der Waals surface area contributed by atoms with Gasteiger partial charge in [0.25, 0.3) is 0 Å². The average Bonchev–Trinajstić information content (AvgIpc) is 3.05. The third-order valence-electron chi connectivity index (χ3n) is 4.97. The summed E-state index contributed by atoms with van der Waals surface area (Å²) in [4.78, 5) is 24.0. The van der Waals surface area contributed by atoms with Gasteiger partial charge >= 0.3 is 5.97 Å². The first-order valence-electron chi connectivity index (χ1n) is 8.95. The monoisotopic (exact) mass is 336 g/mol. The van der Waals surface area contributed by atoms with Crippen LogP contribution in [0.15, 0.2) is 54.6 Å². The Hall–Kier alpha value is -2.42. The Morgan fingerprint density at radius 2 is 1.80 bits per heavy atom. The minimum Gasteiger partial charge on any atom is -0.460 e. The van der Waals surface area contributed by atoms with Crippen molar-refractivity contribution in [2.24, 2.45) is 5.92 Å². The summed E-state index contributed by atoms with van der Waals surface area (Å²) in [5.41, 5.74) is 3.09. The first kappa shape index (κ1) is 17.4. The van der Waals surface area contributed by atoms with Gasteiger partial charge in [-0.25, -0.2) is 0 Å². The normalized spacial score (nSPS) is 18.1. The molecule has 3 heteroatoms. The second kappa shape index (κ2) is 8.11. The van der Waals surface area contributed by atoms with Gasteiger partial charge in [0.2, 0.25) is 0 Å². The molecule has 0 aliphatic heterocycles. The van der Waals surface area contributed by atoms with Crippen molar-refractivity contribution in [2.75, 3.05) is 0 Å². The first-order chi connectivity index (χ1) is 12.1. The molecule has 0 radical (unpaired) electrons. The Morgan fingerprint density at radius 3 is 2.44 bits per heavy atom. The summed E-state index contributed by atoms with van der Waals surface area (Å²) in [6.45, 7) is 2.16. The van der Waals surface area contributed by atoms with Gasteiger partial charge in [-0.1, -0.05) is 54.6 Å². The van der Waals surface area contributed by atoms with Crippen LogP contribution in [0.5, 0.6) is 0 Å². The van der Waals surface area contributed by atoms with Crippen LogP contribution in [0.2, 0.25) is 0 Å². The van der Waals surface area contributed by atoms with Gasteiger partial charge in [0, 0.05) is 12.3 Å². The fourth-order valence-electron chi connectivity index (χ4n) is 3.32. The Morgan fingerprint density at radius 1 is 1.08 bits per heavy atom. The third-order valence-corrected chi connectivity index (χ3v) is 4.97. The van der Waals surface area contributed by atoms with Crippen LogP contribution in [0.3, 0.4) is 0 Å². The van der Waals surface area contributed by atoms with Gasteiger partial charge in [-0.05, 0) is 42.9 Å². The number of carbonyl (C=O) groups is 2. The predicted octanol–water partition coefficient (Wildman–Crippen LogP) is 4.45. The highest BCUT2D eigenvalue weighted by molar-refractivity contribution is 5.83. The SMILES string of the molecule is CC(C(=O)OCc1ccccc1)c1ccc(CC2CCCC2=O)cc1. The van der Waals surface area contributed by atoms with E-state index in [9.17, 15) is 9.59 Å². The first-order valence-corrected chi connectivity index (χ1v) is 8.95. The van der Waals surface area contributed by atoms with E-state index in [4.69, 9.17) is 4.74 Å². The van der Waals surface area contributed by atoms with Crippen molar-refractivity contribution in [2.45, 2.75) is 45.1 Å². The fourth-order valence-corrected chi connectivity index (χ4v) is 3.32. The molecule has 25 heavy (non-hydrogen) atoms. The van der Waals surface area contributed by atoms with Gasteiger partial charge in [-0.2, -0.15) is 0 Å². The van der Waals surface area contributed by atoms with Crippen molar-refractivity contribution < 1.29 is 14.3 Å². The number of hydrogen-bond donors (Lipinski definition) is 0. The number of hydrogen-bond acceptors (Lipinski definition) is 3. The quantitative estimate of drug-likeness (QED) is 0.732. The van der Waals surface area contributed by atoms with Crippen LogP contribution in [0.4, 0.5) is 0 Å². The smallest absolute Gasteiger partial charge is 0.313 e. The molecule has 2 aromatic carbocycles. The van der Waals surface area contributed by atoms with Crippen LogP contribution in [-0.4, -0.2) is 11.8 Å². The average molecular weight is 336 g/mol. The molecule has 1 aliphatic carbocycles. The molecule has 0 bridgehead atoms. The molecule has 0 heterocycles. The maximum Gasteiger partial charge on any atom is 0.313 e. The van der Waals surface area contributed by atoms with Gasteiger partial charge in [0.15, 0.2) is 0 Å². The predicted molar refractivity (Wildman–Crippen MR) is 97.1 cm³/mol. The molecule has 0 saturated heterocycles. The van der Waals surface area contributed by atoms with Crippen molar-refractivity contribution >= 4 is 11.8 Å². The number of carbonyl (C=O) groups excluding carboxylic acids is 2. The zero-order chi connectivity index (χ0) is 17.6. The van der Waals surface area contributed by atoms with Crippen LogP contribution in [0.25, 0.3) is 0 Å². The van der Waals surface area contributed by atoms with E-state index >= 15 is 0 Å². The van der Waals surface area contributed by atoms with Gasteiger partial charge in [-0.3, -0.25) is 9.59 Å². The maximum absolute atomic E-state index is 12.3. The largest absolute Gasteiger partial charge is 0.460 e. The van der Waals surface area contributed by atoms with Crippen LogP contribution < -0.4 is 0 Å². The van der Waals surface area contributed by atoms with E-state index in [-0.39, 0.29) is 17.8 Å². The van der Waals surface area contributed by atoms with Crippen molar-refractivity contribution in [3.63, 3.8) is 0 Å². The van der Waals surface area contributed by atoms with Gasteiger partial charge in [-0.15, -0.1) is 0 Å².